The Balaban J connectivity index is 2.90. The molecule has 0 saturated carbocycles. The zero-order valence-electron chi connectivity index (χ0n) is 10.6. The third-order valence-corrected chi connectivity index (χ3v) is 5.06. The van der Waals surface area contributed by atoms with Crippen LogP contribution in [0.5, 0.6) is 0 Å². The molecule has 0 amide bonds. The van der Waals surface area contributed by atoms with Crippen molar-refractivity contribution in [2.24, 2.45) is 5.14 Å². The van der Waals surface area contributed by atoms with E-state index in [1.54, 1.807) is 30.3 Å². The summed E-state index contributed by atoms with van der Waals surface area (Å²) >= 11 is 0. The standard InChI is InChI=1S/C12H12N2O5S2/c13-20(16,17)12-10(9-5-2-1-3-6-9)7-4-8-11(12)21(18,19)14-15/h1-8,14-15H,(H2,13,16,17). The highest BCUT2D eigenvalue weighted by molar-refractivity contribution is 7.92. The summed E-state index contributed by atoms with van der Waals surface area (Å²) in [7, 11) is -8.73. The lowest BCUT2D eigenvalue weighted by Gasteiger charge is -2.12. The summed E-state index contributed by atoms with van der Waals surface area (Å²) in [4.78, 5) is -0.0873. The van der Waals surface area contributed by atoms with Crippen LogP contribution in [0.3, 0.4) is 0 Å². The molecule has 2 rings (SSSR count). The fourth-order valence-corrected chi connectivity index (χ4v) is 4.14. The number of rotatable bonds is 4. The molecular weight excluding hydrogens is 316 g/mol. The molecule has 112 valence electrons. The summed E-state index contributed by atoms with van der Waals surface area (Å²) in [5.41, 5.74) is 0.617. The first-order valence-electron chi connectivity index (χ1n) is 5.64. The highest BCUT2D eigenvalue weighted by Gasteiger charge is 2.27. The Labute approximate surface area is 122 Å². The van der Waals surface area contributed by atoms with Gasteiger partial charge < -0.3 is 5.21 Å². The fourth-order valence-electron chi connectivity index (χ4n) is 1.92. The monoisotopic (exact) mass is 328 g/mol. The van der Waals surface area contributed by atoms with E-state index in [-0.39, 0.29) is 5.56 Å². The van der Waals surface area contributed by atoms with Gasteiger partial charge in [0.2, 0.25) is 10.0 Å². The predicted octanol–water partition coefficient (Wildman–Crippen LogP) is 0.669. The van der Waals surface area contributed by atoms with Crippen LogP contribution in [0.15, 0.2) is 58.3 Å². The second kappa shape index (κ2) is 5.54. The molecular formula is C12H12N2O5S2. The van der Waals surface area contributed by atoms with Crippen LogP contribution in [-0.4, -0.2) is 22.0 Å². The van der Waals surface area contributed by atoms with Gasteiger partial charge in [-0.05, 0) is 11.6 Å². The van der Waals surface area contributed by atoms with Crippen LogP contribution in [0.1, 0.15) is 0 Å². The molecule has 0 radical (unpaired) electrons. The summed E-state index contributed by atoms with van der Waals surface area (Å²) < 4.78 is 47.2. The molecule has 0 aliphatic carbocycles. The van der Waals surface area contributed by atoms with Crippen molar-refractivity contribution in [2.75, 3.05) is 0 Å². The predicted molar refractivity (Wildman–Crippen MR) is 75.4 cm³/mol. The average Bonchev–Trinajstić information content (AvgIpc) is 2.46. The minimum atomic E-state index is -4.40. The van der Waals surface area contributed by atoms with Crippen LogP contribution in [0.4, 0.5) is 0 Å². The molecule has 0 spiro atoms. The zero-order valence-corrected chi connectivity index (χ0v) is 12.2. The van der Waals surface area contributed by atoms with E-state index in [0.29, 0.717) is 5.56 Å². The van der Waals surface area contributed by atoms with E-state index >= 15 is 0 Å². The van der Waals surface area contributed by atoms with Crippen LogP contribution in [0, 0.1) is 0 Å². The van der Waals surface area contributed by atoms with Crippen LogP contribution in [-0.2, 0) is 20.0 Å². The number of sulfonamides is 2. The van der Waals surface area contributed by atoms with Crippen molar-refractivity contribution < 1.29 is 22.0 Å². The molecule has 0 fully saturated rings. The molecule has 9 heteroatoms. The summed E-state index contributed by atoms with van der Waals surface area (Å²) in [5, 5.41) is 13.9. The van der Waals surface area contributed by atoms with Gasteiger partial charge in [-0.25, -0.2) is 22.0 Å². The van der Waals surface area contributed by atoms with Crippen molar-refractivity contribution in [1.82, 2.24) is 4.89 Å². The highest BCUT2D eigenvalue weighted by atomic mass is 32.2. The molecule has 0 atom stereocenters. The van der Waals surface area contributed by atoms with E-state index in [0.717, 1.165) is 11.0 Å². The van der Waals surface area contributed by atoms with Gasteiger partial charge in [0.25, 0.3) is 10.0 Å². The van der Waals surface area contributed by atoms with Crippen LogP contribution < -0.4 is 10.0 Å². The number of nitrogens with one attached hydrogen (secondary N) is 1. The maximum atomic E-state index is 11.8. The normalized spacial score (nSPS) is 12.3. The van der Waals surface area contributed by atoms with Crippen molar-refractivity contribution in [3.63, 3.8) is 0 Å². The van der Waals surface area contributed by atoms with E-state index in [1.165, 1.54) is 12.1 Å². The van der Waals surface area contributed by atoms with Crippen LogP contribution in [0.2, 0.25) is 0 Å². The summed E-state index contributed by atoms with van der Waals surface area (Å²) in [6.07, 6.45) is 0. The lowest BCUT2D eigenvalue weighted by atomic mass is 10.1. The van der Waals surface area contributed by atoms with Gasteiger partial charge in [0.1, 0.15) is 9.79 Å². The Kier molecular flexibility index (Phi) is 4.12. The minimum Gasteiger partial charge on any atom is -0.302 e. The average molecular weight is 328 g/mol. The molecule has 0 aromatic heterocycles. The molecule has 0 aliphatic heterocycles. The van der Waals surface area contributed by atoms with Crippen LogP contribution in [0.25, 0.3) is 11.1 Å². The Bertz CT molecular complexity index is 862. The Morgan fingerprint density at radius 2 is 1.52 bits per heavy atom. The van der Waals surface area contributed by atoms with Gasteiger partial charge in [0.15, 0.2) is 0 Å². The van der Waals surface area contributed by atoms with E-state index in [9.17, 15) is 16.8 Å². The molecule has 0 bridgehead atoms. The third kappa shape index (κ3) is 3.12. The van der Waals surface area contributed by atoms with E-state index in [2.05, 4.69) is 0 Å². The summed E-state index contributed by atoms with van der Waals surface area (Å²) in [5.74, 6) is 0. The van der Waals surface area contributed by atoms with Gasteiger partial charge in [0.05, 0.1) is 0 Å². The highest BCUT2D eigenvalue weighted by Crippen LogP contribution is 2.31. The second-order valence-corrected chi connectivity index (χ2v) is 7.27. The zero-order chi connectivity index (χ0) is 15.7. The fraction of sp³-hybridized carbons (Fsp3) is 0. The molecule has 2 aromatic carbocycles. The quantitative estimate of drug-likeness (QED) is 0.711. The topological polar surface area (TPSA) is 127 Å². The Morgan fingerprint density at radius 1 is 0.905 bits per heavy atom. The van der Waals surface area contributed by atoms with Gasteiger partial charge in [0, 0.05) is 5.56 Å². The van der Waals surface area contributed by atoms with Gasteiger partial charge in [-0.15, -0.1) is 0 Å². The van der Waals surface area contributed by atoms with Gasteiger partial charge in [-0.3, -0.25) is 0 Å². The van der Waals surface area contributed by atoms with E-state index in [4.69, 9.17) is 10.3 Å². The van der Waals surface area contributed by atoms with Gasteiger partial charge in [-0.1, -0.05) is 47.3 Å². The van der Waals surface area contributed by atoms with Gasteiger partial charge in [-0.2, -0.15) is 0 Å². The van der Waals surface area contributed by atoms with Crippen molar-refractivity contribution >= 4 is 20.0 Å². The van der Waals surface area contributed by atoms with E-state index in [1.807, 2.05) is 0 Å². The van der Waals surface area contributed by atoms with Crippen LogP contribution >= 0.6 is 0 Å². The van der Waals surface area contributed by atoms with Crippen molar-refractivity contribution in [2.45, 2.75) is 9.79 Å². The number of primary sulfonamides is 1. The number of benzene rings is 2. The maximum Gasteiger partial charge on any atom is 0.263 e. The molecule has 0 heterocycles. The Morgan fingerprint density at radius 3 is 2.05 bits per heavy atom. The number of nitrogens with two attached hydrogens (primary N) is 1. The molecule has 4 N–H and O–H groups in total. The second-order valence-electron chi connectivity index (χ2n) is 4.14. The molecule has 0 saturated heterocycles. The molecule has 7 nitrogen and oxygen atoms in total. The molecule has 2 aromatic rings. The first kappa shape index (κ1) is 15.6. The summed E-state index contributed by atoms with van der Waals surface area (Å²) in [6.45, 7) is 0. The smallest absolute Gasteiger partial charge is 0.263 e. The summed E-state index contributed by atoms with van der Waals surface area (Å²) in [6, 6.07) is 12.2. The van der Waals surface area contributed by atoms with E-state index < -0.39 is 29.8 Å². The maximum absolute atomic E-state index is 11.8. The minimum absolute atomic E-state index is 0.134. The largest absolute Gasteiger partial charge is 0.302 e. The molecule has 21 heavy (non-hydrogen) atoms. The lowest BCUT2D eigenvalue weighted by molar-refractivity contribution is 0.242. The SMILES string of the molecule is NS(=O)(=O)c1c(-c2ccccc2)cccc1S(=O)(=O)NO. The van der Waals surface area contributed by atoms with Crippen molar-refractivity contribution in [1.29, 1.82) is 0 Å². The first-order valence-corrected chi connectivity index (χ1v) is 8.67. The number of hydrogen-bond acceptors (Lipinski definition) is 5. The van der Waals surface area contributed by atoms with Crippen molar-refractivity contribution in [3.05, 3.63) is 48.5 Å². The molecule has 0 unspecified atom stereocenters. The first-order chi connectivity index (χ1) is 9.77. The third-order valence-electron chi connectivity index (χ3n) is 2.76. The van der Waals surface area contributed by atoms with Gasteiger partial charge >= 0.3 is 0 Å². The number of hydrogen-bond donors (Lipinski definition) is 3. The lowest BCUT2D eigenvalue weighted by Crippen LogP contribution is -2.24. The Hall–Kier alpha value is -1.78. The van der Waals surface area contributed by atoms with Crippen molar-refractivity contribution in [3.8, 4) is 11.1 Å². The molecule has 0 aliphatic rings.